The lowest BCUT2D eigenvalue weighted by molar-refractivity contribution is 0.246. The molecule has 1 aromatic carbocycles. The fourth-order valence-electron chi connectivity index (χ4n) is 2.25. The molecule has 0 saturated carbocycles. The van der Waals surface area contributed by atoms with Crippen molar-refractivity contribution >= 4 is 0 Å². The third kappa shape index (κ3) is 4.65. The van der Waals surface area contributed by atoms with Crippen LogP contribution in [0.5, 0.6) is 0 Å². The Bertz CT molecular complexity index is 537. The fourth-order valence-corrected chi connectivity index (χ4v) is 2.25. The van der Waals surface area contributed by atoms with E-state index < -0.39 is 11.6 Å². The first-order chi connectivity index (χ1) is 10.1. The smallest absolute Gasteiger partial charge is 0.126 e. The Morgan fingerprint density at radius 2 is 1.95 bits per heavy atom. The van der Waals surface area contributed by atoms with E-state index in [2.05, 4.69) is 11.8 Å². The summed E-state index contributed by atoms with van der Waals surface area (Å²) in [5.74, 6) is -0.297. The molecule has 5 heteroatoms. The summed E-state index contributed by atoms with van der Waals surface area (Å²) in [5.41, 5.74) is 6.51. The first-order valence-corrected chi connectivity index (χ1v) is 7.04. The van der Waals surface area contributed by atoms with Crippen molar-refractivity contribution in [3.8, 4) is 0 Å². The van der Waals surface area contributed by atoms with Crippen molar-refractivity contribution in [2.75, 3.05) is 13.1 Å². The van der Waals surface area contributed by atoms with E-state index in [4.69, 9.17) is 10.2 Å². The first-order valence-electron chi connectivity index (χ1n) is 7.04. The zero-order valence-electron chi connectivity index (χ0n) is 12.1. The average Bonchev–Trinajstić information content (AvgIpc) is 2.94. The summed E-state index contributed by atoms with van der Waals surface area (Å²) >= 11 is 0. The molecule has 0 amide bonds. The lowest BCUT2D eigenvalue weighted by Gasteiger charge is -2.21. The number of hydrogen-bond acceptors (Lipinski definition) is 3. The van der Waals surface area contributed by atoms with Crippen LogP contribution in [0, 0.1) is 11.6 Å². The third-order valence-corrected chi connectivity index (χ3v) is 3.48. The molecular formula is C16H20F2N2O. The quantitative estimate of drug-likeness (QED) is 0.850. The molecule has 0 aliphatic rings. The lowest BCUT2D eigenvalue weighted by Crippen LogP contribution is -2.27. The molecule has 1 unspecified atom stereocenters. The van der Waals surface area contributed by atoms with E-state index in [1.165, 1.54) is 12.1 Å². The highest BCUT2D eigenvalue weighted by Crippen LogP contribution is 2.18. The largest absolute Gasteiger partial charge is 0.468 e. The number of hydrogen-bond donors (Lipinski definition) is 1. The van der Waals surface area contributed by atoms with E-state index in [-0.39, 0.29) is 6.04 Å². The van der Waals surface area contributed by atoms with Crippen molar-refractivity contribution < 1.29 is 13.2 Å². The Morgan fingerprint density at radius 1 is 1.24 bits per heavy atom. The second-order valence-electron chi connectivity index (χ2n) is 5.05. The van der Waals surface area contributed by atoms with Crippen LogP contribution in [0.15, 0.2) is 41.0 Å². The predicted octanol–water partition coefficient (Wildman–Crippen LogP) is 3.47. The molecule has 2 N–H and O–H groups in total. The minimum Gasteiger partial charge on any atom is -0.468 e. The minimum absolute atomic E-state index is 0.388. The van der Waals surface area contributed by atoms with Gasteiger partial charge in [0.2, 0.25) is 0 Å². The van der Waals surface area contributed by atoms with Crippen LogP contribution in [0.3, 0.4) is 0 Å². The molecule has 1 aromatic heterocycles. The van der Waals surface area contributed by atoms with Crippen LogP contribution in [0.25, 0.3) is 0 Å². The second-order valence-corrected chi connectivity index (χ2v) is 5.05. The number of nitrogens with zero attached hydrogens (tertiary/aromatic N) is 1. The zero-order chi connectivity index (χ0) is 15.2. The highest BCUT2D eigenvalue weighted by molar-refractivity contribution is 5.21. The van der Waals surface area contributed by atoms with Crippen LogP contribution in [-0.2, 0) is 6.54 Å². The summed E-state index contributed by atoms with van der Waals surface area (Å²) in [6.45, 7) is 4.34. The van der Waals surface area contributed by atoms with Gasteiger partial charge in [0.15, 0.2) is 0 Å². The Morgan fingerprint density at radius 3 is 2.52 bits per heavy atom. The molecule has 0 saturated heterocycles. The Kier molecular flexibility index (Phi) is 5.47. The van der Waals surface area contributed by atoms with Gasteiger partial charge in [-0.2, -0.15) is 0 Å². The molecule has 3 nitrogen and oxygen atoms in total. The molecule has 0 bridgehead atoms. The van der Waals surface area contributed by atoms with Gasteiger partial charge in [0.25, 0.3) is 0 Å². The van der Waals surface area contributed by atoms with Crippen LogP contribution in [0.4, 0.5) is 8.78 Å². The van der Waals surface area contributed by atoms with Crippen molar-refractivity contribution in [2.24, 2.45) is 5.73 Å². The molecule has 2 aromatic rings. The van der Waals surface area contributed by atoms with Gasteiger partial charge in [-0.1, -0.05) is 6.92 Å². The molecule has 1 heterocycles. The maximum absolute atomic E-state index is 13.2. The van der Waals surface area contributed by atoms with Crippen LogP contribution in [0.2, 0.25) is 0 Å². The van der Waals surface area contributed by atoms with Gasteiger partial charge >= 0.3 is 0 Å². The fraction of sp³-hybridized carbons (Fsp3) is 0.375. The van der Waals surface area contributed by atoms with Gasteiger partial charge in [0.05, 0.1) is 12.8 Å². The van der Waals surface area contributed by atoms with Crippen LogP contribution < -0.4 is 5.73 Å². The van der Waals surface area contributed by atoms with Gasteiger partial charge in [0, 0.05) is 18.7 Å². The topological polar surface area (TPSA) is 42.4 Å². The Labute approximate surface area is 123 Å². The molecule has 0 radical (unpaired) electrons. The highest BCUT2D eigenvalue weighted by Gasteiger charge is 2.12. The summed E-state index contributed by atoms with van der Waals surface area (Å²) in [5, 5.41) is 0. The van der Waals surface area contributed by atoms with Crippen LogP contribution in [0.1, 0.15) is 30.7 Å². The monoisotopic (exact) mass is 294 g/mol. The molecule has 0 spiro atoms. The molecule has 2 rings (SSSR count). The van der Waals surface area contributed by atoms with Gasteiger partial charge < -0.3 is 10.2 Å². The van der Waals surface area contributed by atoms with Gasteiger partial charge in [0.1, 0.15) is 17.4 Å². The Balaban J connectivity index is 1.91. The SMILES string of the molecule is CCN(CCC(N)c1cc(F)cc(F)c1)Cc1ccco1. The Hall–Kier alpha value is -1.72. The summed E-state index contributed by atoms with van der Waals surface area (Å²) in [6.07, 6.45) is 2.27. The number of furan rings is 1. The minimum atomic E-state index is -0.594. The van der Waals surface area contributed by atoms with E-state index in [9.17, 15) is 8.78 Å². The van der Waals surface area contributed by atoms with Crippen LogP contribution in [-0.4, -0.2) is 18.0 Å². The summed E-state index contributed by atoms with van der Waals surface area (Å²) < 4.78 is 31.7. The van der Waals surface area contributed by atoms with Crippen molar-refractivity contribution in [2.45, 2.75) is 25.9 Å². The number of benzene rings is 1. The number of rotatable bonds is 7. The molecule has 21 heavy (non-hydrogen) atoms. The highest BCUT2D eigenvalue weighted by atomic mass is 19.1. The molecule has 114 valence electrons. The maximum Gasteiger partial charge on any atom is 0.126 e. The van der Waals surface area contributed by atoms with Crippen molar-refractivity contribution in [3.05, 3.63) is 59.6 Å². The van der Waals surface area contributed by atoms with Gasteiger partial charge in [-0.3, -0.25) is 4.90 Å². The zero-order valence-corrected chi connectivity index (χ0v) is 12.1. The van der Waals surface area contributed by atoms with Crippen molar-refractivity contribution in [3.63, 3.8) is 0 Å². The predicted molar refractivity (Wildman–Crippen MR) is 77.6 cm³/mol. The second kappa shape index (κ2) is 7.33. The molecule has 1 atom stereocenters. The molecule has 0 fully saturated rings. The number of halogens is 2. The summed E-state index contributed by atoms with van der Waals surface area (Å²) in [6, 6.07) is 6.81. The summed E-state index contributed by atoms with van der Waals surface area (Å²) in [7, 11) is 0. The van der Waals surface area contributed by atoms with Gasteiger partial charge in [-0.05, 0) is 42.8 Å². The third-order valence-electron chi connectivity index (χ3n) is 3.48. The van der Waals surface area contributed by atoms with E-state index in [1.807, 2.05) is 12.1 Å². The van der Waals surface area contributed by atoms with Crippen molar-refractivity contribution in [1.29, 1.82) is 0 Å². The first kappa shape index (κ1) is 15.7. The average molecular weight is 294 g/mol. The normalized spacial score (nSPS) is 12.8. The summed E-state index contributed by atoms with van der Waals surface area (Å²) in [4.78, 5) is 2.17. The van der Waals surface area contributed by atoms with E-state index in [0.29, 0.717) is 18.5 Å². The standard InChI is InChI=1S/C16H20F2N2O/c1-2-20(11-15-4-3-7-21-15)6-5-16(19)12-8-13(17)10-14(18)9-12/h3-4,7-10,16H,2,5-6,11,19H2,1H3. The van der Waals surface area contributed by atoms with Gasteiger partial charge in [-0.25, -0.2) is 8.78 Å². The maximum atomic E-state index is 13.2. The van der Waals surface area contributed by atoms with Crippen LogP contribution >= 0.6 is 0 Å². The lowest BCUT2D eigenvalue weighted by atomic mass is 10.0. The number of nitrogens with two attached hydrogens (primary N) is 1. The van der Waals surface area contributed by atoms with E-state index in [1.54, 1.807) is 6.26 Å². The van der Waals surface area contributed by atoms with E-state index in [0.717, 1.165) is 24.9 Å². The molecule has 0 aliphatic heterocycles. The van der Waals surface area contributed by atoms with E-state index >= 15 is 0 Å². The van der Waals surface area contributed by atoms with Gasteiger partial charge in [-0.15, -0.1) is 0 Å². The van der Waals surface area contributed by atoms with Crippen molar-refractivity contribution in [1.82, 2.24) is 4.90 Å². The molecular weight excluding hydrogens is 274 g/mol. The molecule has 0 aliphatic carbocycles.